The third-order valence-corrected chi connectivity index (χ3v) is 2.43. The van der Waals surface area contributed by atoms with Gasteiger partial charge in [-0.1, -0.05) is 30.3 Å². The Kier molecular flexibility index (Phi) is 4.84. The van der Waals surface area contributed by atoms with E-state index in [4.69, 9.17) is 10.1 Å². The summed E-state index contributed by atoms with van der Waals surface area (Å²) in [4.78, 5) is 11.7. The molecule has 2 unspecified atom stereocenters. The molecule has 4 nitrogen and oxygen atoms in total. The van der Waals surface area contributed by atoms with Crippen molar-refractivity contribution in [3.05, 3.63) is 35.9 Å². The van der Waals surface area contributed by atoms with Gasteiger partial charge >= 0.3 is 5.97 Å². The van der Waals surface area contributed by atoms with Crippen LogP contribution in [0.2, 0.25) is 0 Å². The number of carbonyl (C=O) groups is 1. The molecular weight excluding hydrogens is 218 g/mol. The fraction of sp³-hybridized carbons (Fsp3) is 0.385. The largest absolute Gasteiger partial charge is 0.460 e. The van der Waals surface area contributed by atoms with Crippen LogP contribution in [0.5, 0.6) is 0 Å². The Labute approximate surface area is 101 Å². The van der Waals surface area contributed by atoms with Crippen LogP contribution in [-0.4, -0.2) is 22.9 Å². The van der Waals surface area contributed by atoms with Crippen LogP contribution in [0.4, 0.5) is 0 Å². The average Bonchev–Trinajstić information content (AvgIpc) is 2.27. The van der Waals surface area contributed by atoms with E-state index in [9.17, 15) is 9.90 Å². The smallest absolute Gasteiger partial charge is 0.317 e. The van der Waals surface area contributed by atoms with Gasteiger partial charge in [-0.3, -0.25) is 4.79 Å². The number of hydrogen-bond donors (Lipinski definition) is 2. The fourth-order valence-corrected chi connectivity index (χ4v) is 1.55. The van der Waals surface area contributed by atoms with Crippen LogP contribution in [0.25, 0.3) is 0 Å². The molecule has 0 aliphatic rings. The number of rotatable bonds is 5. The van der Waals surface area contributed by atoms with E-state index in [2.05, 4.69) is 0 Å². The van der Waals surface area contributed by atoms with Crippen LogP contribution >= 0.6 is 0 Å². The van der Waals surface area contributed by atoms with Crippen molar-refractivity contribution in [1.29, 1.82) is 5.41 Å². The molecule has 0 amide bonds. The number of ether oxygens (including phenoxy) is 1. The summed E-state index contributed by atoms with van der Waals surface area (Å²) >= 11 is 0. The van der Waals surface area contributed by atoms with E-state index >= 15 is 0 Å². The highest BCUT2D eigenvalue weighted by molar-refractivity contribution is 5.99. The van der Waals surface area contributed by atoms with Crippen LogP contribution in [-0.2, 0) is 16.1 Å². The van der Waals surface area contributed by atoms with Gasteiger partial charge in [-0.05, 0) is 19.4 Å². The minimum Gasteiger partial charge on any atom is -0.460 e. The molecule has 0 aliphatic carbocycles. The zero-order valence-corrected chi connectivity index (χ0v) is 10.0. The summed E-state index contributed by atoms with van der Waals surface area (Å²) in [7, 11) is 0. The first kappa shape index (κ1) is 13.4. The van der Waals surface area contributed by atoms with E-state index < -0.39 is 18.0 Å². The highest BCUT2D eigenvalue weighted by Crippen LogP contribution is 2.10. The van der Waals surface area contributed by atoms with Crippen molar-refractivity contribution in [2.75, 3.05) is 0 Å². The molecule has 1 aromatic carbocycles. The predicted molar refractivity (Wildman–Crippen MR) is 64.8 cm³/mol. The standard InChI is InChI=1S/C13H17NO3/c1-9(14)12(10(2)15)13(16)17-8-11-6-4-3-5-7-11/h3-7,10,12,14-15H,8H2,1-2H3. The van der Waals surface area contributed by atoms with Gasteiger partial charge in [0.05, 0.1) is 6.10 Å². The minimum absolute atomic E-state index is 0.109. The summed E-state index contributed by atoms with van der Waals surface area (Å²) in [5, 5.41) is 16.8. The van der Waals surface area contributed by atoms with Crippen LogP contribution < -0.4 is 0 Å². The van der Waals surface area contributed by atoms with Crippen LogP contribution in [0.3, 0.4) is 0 Å². The number of benzene rings is 1. The van der Waals surface area contributed by atoms with Gasteiger partial charge < -0.3 is 15.3 Å². The van der Waals surface area contributed by atoms with E-state index in [-0.39, 0.29) is 12.3 Å². The zero-order chi connectivity index (χ0) is 12.8. The van der Waals surface area contributed by atoms with E-state index in [1.54, 1.807) is 0 Å². The third-order valence-electron chi connectivity index (χ3n) is 2.43. The molecular formula is C13H17NO3. The molecule has 0 aliphatic heterocycles. The summed E-state index contributed by atoms with van der Waals surface area (Å²) in [6.07, 6.45) is -0.907. The lowest BCUT2D eigenvalue weighted by Gasteiger charge is -2.17. The summed E-state index contributed by atoms with van der Waals surface area (Å²) in [5.41, 5.74) is 0.992. The Morgan fingerprint density at radius 2 is 2.00 bits per heavy atom. The molecule has 4 heteroatoms. The van der Waals surface area contributed by atoms with Gasteiger partial charge in [-0.15, -0.1) is 0 Å². The molecule has 1 rings (SSSR count). The maximum Gasteiger partial charge on any atom is 0.317 e. The molecule has 1 aromatic rings. The molecule has 92 valence electrons. The van der Waals surface area contributed by atoms with Crippen LogP contribution in [0.1, 0.15) is 19.4 Å². The van der Waals surface area contributed by atoms with Crippen molar-refractivity contribution >= 4 is 11.7 Å². The molecule has 0 saturated carbocycles. The normalized spacial score (nSPS) is 13.8. The molecule has 0 radical (unpaired) electrons. The fourth-order valence-electron chi connectivity index (χ4n) is 1.55. The van der Waals surface area contributed by atoms with E-state index in [0.29, 0.717) is 0 Å². The molecule has 0 aromatic heterocycles. The third kappa shape index (κ3) is 4.00. The Morgan fingerprint density at radius 3 is 2.47 bits per heavy atom. The van der Waals surface area contributed by atoms with E-state index in [1.807, 2.05) is 30.3 Å². The minimum atomic E-state index is -0.907. The Balaban J connectivity index is 2.57. The van der Waals surface area contributed by atoms with Crippen molar-refractivity contribution in [2.24, 2.45) is 5.92 Å². The van der Waals surface area contributed by atoms with Gasteiger partial charge in [-0.2, -0.15) is 0 Å². The highest BCUT2D eigenvalue weighted by Gasteiger charge is 2.27. The second-order valence-corrected chi connectivity index (χ2v) is 3.99. The maximum atomic E-state index is 11.7. The maximum absolute atomic E-state index is 11.7. The van der Waals surface area contributed by atoms with Gasteiger partial charge in [0.25, 0.3) is 0 Å². The Morgan fingerprint density at radius 1 is 1.41 bits per heavy atom. The van der Waals surface area contributed by atoms with Crippen molar-refractivity contribution in [2.45, 2.75) is 26.6 Å². The lowest BCUT2D eigenvalue weighted by Crippen LogP contribution is -2.33. The predicted octanol–water partition coefficient (Wildman–Crippen LogP) is 1.77. The average molecular weight is 235 g/mol. The lowest BCUT2D eigenvalue weighted by atomic mass is 9.99. The molecule has 0 spiro atoms. The number of aliphatic hydroxyl groups excluding tert-OH is 1. The van der Waals surface area contributed by atoms with Gasteiger partial charge in [0, 0.05) is 5.71 Å². The van der Waals surface area contributed by atoms with Gasteiger partial charge in [0.1, 0.15) is 12.5 Å². The highest BCUT2D eigenvalue weighted by atomic mass is 16.5. The Hall–Kier alpha value is -1.68. The van der Waals surface area contributed by atoms with Gasteiger partial charge in [0.15, 0.2) is 0 Å². The number of carbonyl (C=O) groups excluding carboxylic acids is 1. The lowest BCUT2D eigenvalue weighted by molar-refractivity contribution is -0.150. The molecule has 0 saturated heterocycles. The van der Waals surface area contributed by atoms with Crippen molar-refractivity contribution in [3.8, 4) is 0 Å². The van der Waals surface area contributed by atoms with Crippen molar-refractivity contribution in [3.63, 3.8) is 0 Å². The second-order valence-electron chi connectivity index (χ2n) is 3.99. The van der Waals surface area contributed by atoms with Crippen LogP contribution in [0, 0.1) is 11.3 Å². The number of esters is 1. The zero-order valence-electron chi connectivity index (χ0n) is 10.0. The molecule has 0 bridgehead atoms. The number of nitrogens with one attached hydrogen (secondary N) is 1. The summed E-state index contributed by atoms with van der Waals surface area (Å²) in [6.45, 7) is 3.13. The van der Waals surface area contributed by atoms with E-state index in [1.165, 1.54) is 13.8 Å². The van der Waals surface area contributed by atoms with Crippen molar-refractivity contribution in [1.82, 2.24) is 0 Å². The molecule has 17 heavy (non-hydrogen) atoms. The number of hydrogen-bond acceptors (Lipinski definition) is 4. The number of aliphatic hydroxyl groups is 1. The summed E-state index contributed by atoms with van der Waals surface area (Å²) in [6, 6.07) is 9.30. The van der Waals surface area contributed by atoms with E-state index in [0.717, 1.165) is 5.56 Å². The first-order valence-corrected chi connectivity index (χ1v) is 5.46. The summed E-state index contributed by atoms with van der Waals surface area (Å²) in [5.74, 6) is -1.44. The molecule has 0 heterocycles. The van der Waals surface area contributed by atoms with Gasteiger partial charge in [-0.25, -0.2) is 0 Å². The van der Waals surface area contributed by atoms with Crippen molar-refractivity contribution < 1.29 is 14.6 Å². The topological polar surface area (TPSA) is 70.4 Å². The second kappa shape index (κ2) is 6.15. The van der Waals surface area contributed by atoms with Crippen LogP contribution in [0.15, 0.2) is 30.3 Å². The van der Waals surface area contributed by atoms with Gasteiger partial charge in [0.2, 0.25) is 0 Å². The SMILES string of the molecule is CC(=N)C(C(=O)OCc1ccccc1)C(C)O. The molecule has 2 N–H and O–H groups in total. The molecule has 0 fully saturated rings. The quantitative estimate of drug-likeness (QED) is 0.603. The molecule has 2 atom stereocenters. The first-order valence-electron chi connectivity index (χ1n) is 5.46. The monoisotopic (exact) mass is 235 g/mol. The first-order chi connectivity index (χ1) is 8.02. The Bertz CT molecular complexity index is 387. The summed E-state index contributed by atoms with van der Waals surface area (Å²) < 4.78 is 5.07.